The Bertz CT molecular complexity index is 1060. The van der Waals surface area contributed by atoms with Gasteiger partial charge in [0.1, 0.15) is 4.88 Å². The summed E-state index contributed by atoms with van der Waals surface area (Å²) in [5.74, 6) is 0.521. The summed E-state index contributed by atoms with van der Waals surface area (Å²) < 4.78 is 1.96. The van der Waals surface area contributed by atoms with Gasteiger partial charge in [0, 0.05) is 26.0 Å². The molecule has 0 saturated carbocycles. The molecule has 4 aromatic rings. The molecule has 3 heterocycles. The van der Waals surface area contributed by atoms with Crippen molar-refractivity contribution in [2.45, 2.75) is 6.54 Å². The minimum absolute atomic E-state index is 0.163. The molecule has 0 aliphatic rings. The fourth-order valence-electron chi connectivity index (χ4n) is 2.56. The Morgan fingerprint density at radius 3 is 2.88 bits per heavy atom. The van der Waals surface area contributed by atoms with Crippen molar-refractivity contribution in [2.24, 2.45) is 7.05 Å². The molecule has 2 N–H and O–H groups in total. The molecule has 7 nitrogen and oxygen atoms in total. The monoisotopic (exact) mass is 364 g/mol. The first-order chi connectivity index (χ1) is 12.7. The van der Waals surface area contributed by atoms with Gasteiger partial charge in [-0.05, 0) is 23.8 Å². The molecule has 0 bridgehead atoms. The van der Waals surface area contributed by atoms with E-state index in [1.807, 2.05) is 48.0 Å². The van der Waals surface area contributed by atoms with E-state index in [4.69, 9.17) is 0 Å². The second-order valence-electron chi connectivity index (χ2n) is 5.68. The van der Waals surface area contributed by atoms with Crippen molar-refractivity contribution in [1.29, 1.82) is 0 Å². The Hall–Kier alpha value is -3.26. The third-order valence-electron chi connectivity index (χ3n) is 3.91. The highest BCUT2D eigenvalue weighted by molar-refractivity contribution is 7.17. The molecule has 1 amide bonds. The van der Waals surface area contributed by atoms with Gasteiger partial charge >= 0.3 is 0 Å². The van der Waals surface area contributed by atoms with Crippen LogP contribution in [-0.4, -0.2) is 25.4 Å². The smallest absolute Gasteiger partial charge is 0.263 e. The number of thiazole rings is 1. The number of aryl methyl sites for hydroxylation is 1. The summed E-state index contributed by atoms with van der Waals surface area (Å²) in [7, 11) is 1.94. The standard InChI is InChI=1S/C18H16N6OS/c1-24-14-7-3-2-6-13(14)22-17(24)23-18-21-11-15(26-18)16(25)20-10-12-5-4-8-19-9-12/h2-9,11H,10H2,1H3,(H,20,25)(H,21,22,23). The van der Waals surface area contributed by atoms with Gasteiger partial charge in [0.25, 0.3) is 5.91 Å². The van der Waals surface area contributed by atoms with Crippen LogP contribution in [0.5, 0.6) is 0 Å². The number of benzene rings is 1. The van der Waals surface area contributed by atoms with E-state index in [2.05, 4.69) is 25.6 Å². The maximum atomic E-state index is 12.3. The van der Waals surface area contributed by atoms with Gasteiger partial charge in [0.15, 0.2) is 5.13 Å². The number of carbonyl (C=O) groups excluding carboxylic acids is 1. The molecule has 1 aromatic carbocycles. The quantitative estimate of drug-likeness (QED) is 0.568. The third-order valence-corrected chi connectivity index (χ3v) is 4.82. The van der Waals surface area contributed by atoms with E-state index in [1.165, 1.54) is 11.3 Å². The fraction of sp³-hybridized carbons (Fsp3) is 0.111. The van der Waals surface area contributed by atoms with Crippen LogP contribution in [0.3, 0.4) is 0 Å². The van der Waals surface area contributed by atoms with Crippen LogP contribution in [0.2, 0.25) is 0 Å². The topological polar surface area (TPSA) is 84.7 Å². The summed E-state index contributed by atoms with van der Waals surface area (Å²) in [5.41, 5.74) is 2.88. The van der Waals surface area contributed by atoms with Crippen molar-refractivity contribution in [1.82, 2.24) is 24.8 Å². The minimum Gasteiger partial charge on any atom is -0.347 e. The molecule has 0 spiro atoms. The van der Waals surface area contributed by atoms with Gasteiger partial charge in [0.05, 0.1) is 17.2 Å². The SMILES string of the molecule is Cn1c(Nc2ncc(C(=O)NCc3cccnc3)s2)nc2ccccc21. The normalized spacial score (nSPS) is 10.8. The predicted octanol–water partition coefficient (Wildman–Crippen LogP) is 3.10. The van der Waals surface area contributed by atoms with Gasteiger partial charge in [-0.3, -0.25) is 9.78 Å². The lowest BCUT2D eigenvalue weighted by molar-refractivity contribution is 0.0954. The van der Waals surface area contributed by atoms with Crippen LogP contribution < -0.4 is 10.6 Å². The molecule has 0 saturated heterocycles. The van der Waals surface area contributed by atoms with Crippen LogP contribution in [0.4, 0.5) is 11.1 Å². The minimum atomic E-state index is -0.163. The van der Waals surface area contributed by atoms with Gasteiger partial charge in [-0.1, -0.05) is 29.5 Å². The average Bonchev–Trinajstić information content (AvgIpc) is 3.26. The van der Waals surface area contributed by atoms with Gasteiger partial charge in [0.2, 0.25) is 5.95 Å². The zero-order chi connectivity index (χ0) is 17.9. The Kier molecular flexibility index (Phi) is 4.32. The molecule has 0 aliphatic carbocycles. The van der Waals surface area contributed by atoms with E-state index in [-0.39, 0.29) is 5.91 Å². The van der Waals surface area contributed by atoms with E-state index in [0.29, 0.717) is 22.5 Å². The zero-order valence-electron chi connectivity index (χ0n) is 14.0. The molecule has 3 aromatic heterocycles. The van der Waals surface area contributed by atoms with Gasteiger partial charge in [-0.15, -0.1) is 0 Å². The zero-order valence-corrected chi connectivity index (χ0v) is 14.8. The summed E-state index contributed by atoms with van der Waals surface area (Å²) in [4.78, 5) is 25.7. The second kappa shape index (κ2) is 6.93. The molecular weight excluding hydrogens is 348 g/mol. The van der Waals surface area contributed by atoms with E-state index in [1.54, 1.807) is 18.6 Å². The number of para-hydroxylation sites is 2. The Labute approximate surface area is 153 Å². The van der Waals surface area contributed by atoms with Crippen molar-refractivity contribution in [2.75, 3.05) is 5.32 Å². The molecule has 8 heteroatoms. The number of hydrogen-bond donors (Lipinski definition) is 2. The number of rotatable bonds is 5. The molecule has 26 heavy (non-hydrogen) atoms. The van der Waals surface area contributed by atoms with Crippen LogP contribution >= 0.6 is 11.3 Å². The molecule has 0 radical (unpaired) electrons. The lowest BCUT2D eigenvalue weighted by Gasteiger charge is -2.03. The molecule has 4 rings (SSSR count). The maximum absolute atomic E-state index is 12.3. The highest BCUT2D eigenvalue weighted by Gasteiger charge is 2.13. The number of hydrogen-bond acceptors (Lipinski definition) is 6. The first kappa shape index (κ1) is 16.2. The summed E-state index contributed by atoms with van der Waals surface area (Å²) in [6.07, 6.45) is 4.99. The maximum Gasteiger partial charge on any atom is 0.263 e. The summed E-state index contributed by atoms with van der Waals surface area (Å²) >= 11 is 1.29. The lowest BCUT2D eigenvalue weighted by Crippen LogP contribution is -2.21. The van der Waals surface area contributed by atoms with Gasteiger partial charge < -0.3 is 15.2 Å². The number of anilines is 2. The van der Waals surface area contributed by atoms with Crippen molar-refractivity contribution in [3.05, 3.63) is 65.4 Å². The number of nitrogens with one attached hydrogen (secondary N) is 2. The number of aromatic nitrogens is 4. The number of imidazole rings is 1. The van der Waals surface area contributed by atoms with E-state index >= 15 is 0 Å². The highest BCUT2D eigenvalue weighted by Crippen LogP contribution is 2.24. The van der Waals surface area contributed by atoms with E-state index < -0.39 is 0 Å². The van der Waals surface area contributed by atoms with Crippen molar-refractivity contribution in [3.8, 4) is 0 Å². The first-order valence-electron chi connectivity index (χ1n) is 8.02. The van der Waals surface area contributed by atoms with Crippen molar-refractivity contribution in [3.63, 3.8) is 0 Å². The van der Waals surface area contributed by atoms with E-state index in [9.17, 15) is 4.79 Å². The van der Waals surface area contributed by atoms with Crippen LogP contribution in [0.25, 0.3) is 11.0 Å². The molecular formula is C18H16N6OS. The number of nitrogens with zero attached hydrogens (tertiary/aromatic N) is 4. The summed E-state index contributed by atoms with van der Waals surface area (Å²) in [6.45, 7) is 0.429. The number of fused-ring (bicyclic) bond motifs is 1. The van der Waals surface area contributed by atoms with Crippen LogP contribution in [0.1, 0.15) is 15.2 Å². The molecule has 0 fully saturated rings. The second-order valence-corrected chi connectivity index (χ2v) is 6.71. The third kappa shape index (κ3) is 3.27. The lowest BCUT2D eigenvalue weighted by atomic mass is 10.3. The highest BCUT2D eigenvalue weighted by atomic mass is 32.1. The summed E-state index contributed by atoms with van der Waals surface area (Å²) in [5, 5.41) is 6.67. The molecule has 0 unspecified atom stereocenters. The Morgan fingerprint density at radius 1 is 1.19 bits per heavy atom. The Morgan fingerprint density at radius 2 is 2.08 bits per heavy atom. The van der Waals surface area contributed by atoms with Gasteiger partial charge in [-0.25, -0.2) is 9.97 Å². The van der Waals surface area contributed by atoms with Crippen LogP contribution in [0.15, 0.2) is 55.0 Å². The van der Waals surface area contributed by atoms with E-state index in [0.717, 1.165) is 16.6 Å². The first-order valence-corrected chi connectivity index (χ1v) is 8.84. The largest absolute Gasteiger partial charge is 0.347 e. The molecule has 0 atom stereocenters. The Balaban J connectivity index is 1.45. The molecule has 0 aliphatic heterocycles. The molecule has 130 valence electrons. The van der Waals surface area contributed by atoms with Crippen molar-refractivity contribution >= 4 is 39.4 Å². The number of pyridine rings is 1. The predicted molar refractivity (Wildman–Crippen MR) is 102 cm³/mol. The number of amides is 1. The van der Waals surface area contributed by atoms with Crippen molar-refractivity contribution < 1.29 is 4.79 Å². The summed E-state index contributed by atoms with van der Waals surface area (Å²) in [6, 6.07) is 11.6. The number of carbonyl (C=O) groups is 1. The fourth-order valence-corrected chi connectivity index (χ4v) is 3.29. The average molecular weight is 364 g/mol. The van der Waals surface area contributed by atoms with Crippen LogP contribution in [0, 0.1) is 0 Å². The van der Waals surface area contributed by atoms with Crippen LogP contribution in [-0.2, 0) is 13.6 Å². The van der Waals surface area contributed by atoms with Gasteiger partial charge in [-0.2, -0.15) is 0 Å².